The fraction of sp³-hybridized carbons (Fsp3) is 0.471. The number of nitro groups is 1. The Labute approximate surface area is 182 Å². The molecule has 0 aromatic heterocycles. The summed E-state index contributed by atoms with van der Waals surface area (Å²) in [6, 6.07) is 2.66. The minimum absolute atomic E-state index is 0.00515. The van der Waals surface area contributed by atoms with E-state index in [2.05, 4.69) is 10.1 Å². The quantitative estimate of drug-likeness (QED) is 0.203. The Hall–Kier alpha value is -2.71. The number of esters is 1. The number of carbonyl (C=O) groups is 3. The predicted molar refractivity (Wildman–Crippen MR) is 110 cm³/mol. The summed E-state index contributed by atoms with van der Waals surface area (Å²) < 4.78 is 31.1. The molecule has 0 atom stereocenters. The number of hydrogen-bond acceptors (Lipinski definition) is 9. The highest BCUT2D eigenvalue weighted by molar-refractivity contribution is 7.98. The Kier molecular flexibility index (Phi) is 8.76. The zero-order chi connectivity index (χ0) is 23.0. The zero-order valence-electron chi connectivity index (χ0n) is 16.6. The van der Waals surface area contributed by atoms with Crippen molar-refractivity contribution in [3.05, 3.63) is 28.3 Å². The smallest absolute Gasteiger partial charge is 0.321 e. The third-order valence-electron chi connectivity index (χ3n) is 4.37. The van der Waals surface area contributed by atoms with Crippen molar-refractivity contribution in [2.24, 2.45) is 0 Å². The van der Waals surface area contributed by atoms with Gasteiger partial charge in [-0.3, -0.25) is 25.0 Å². The van der Waals surface area contributed by atoms with E-state index in [0.717, 1.165) is 43.5 Å². The van der Waals surface area contributed by atoms with Crippen molar-refractivity contribution in [2.45, 2.75) is 41.5 Å². The molecule has 1 aromatic carbocycles. The van der Waals surface area contributed by atoms with Crippen LogP contribution < -0.4 is 15.4 Å². The summed E-state index contributed by atoms with van der Waals surface area (Å²) in [4.78, 5) is 45.3. The minimum Gasteiger partial charge on any atom is -0.455 e. The molecule has 0 heterocycles. The number of benzene rings is 1. The molecule has 0 aliphatic heterocycles. The lowest BCUT2D eigenvalue weighted by Crippen LogP contribution is -2.45. The van der Waals surface area contributed by atoms with Gasteiger partial charge in [-0.2, -0.15) is 4.72 Å². The molecule has 1 fully saturated rings. The van der Waals surface area contributed by atoms with Crippen LogP contribution in [-0.4, -0.2) is 56.7 Å². The number of thioether (sulfide) groups is 1. The first-order chi connectivity index (χ1) is 14.6. The first-order valence-corrected chi connectivity index (χ1v) is 11.9. The second-order valence-corrected chi connectivity index (χ2v) is 9.19. The molecule has 14 heteroatoms. The molecule has 2 rings (SSSR count). The fourth-order valence-electron chi connectivity index (χ4n) is 2.87. The molecule has 1 saturated carbocycles. The summed E-state index contributed by atoms with van der Waals surface area (Å²) in [5.74, 6) is -1.93. The zero-order valence-corrected chi connectivity index (χ0v) is 18.2. The number of nitrogens with zero attached hydrogens (tertiary/aromatic N) is 1. The van der Waals surface area contributed by atoms with Crippen LogP contribution in [0.25, 0.3) is 0 Å². The molecule has 12 nitrogen and oxygen atoms in total. The maximum Gasteiger partial charge on any atom is 0.321 e. The molecular formula is C17H22N4O8S2. The van der Waals surface area contributed by atoms with Crippen LogP contribution in [0.4, 0.5) is 10.5 Å². The van der Waals surface area contributed by atoms with E-state index in [9.17, 15) is 32.9 Å². The van der Waals surface area contributed by atoms with Gasteiger partial charge in [-0.15, -0.1) is 11.8 Å². The second-order valence-electron chi connectivity index (χ2n) is 6.58. The van der Waals surface area contributed by atoms with E-state index in [1.54, 1.807) is 6.26 Å². The molecule has 0 radical (unpaired) electrons. The highest BCUT2D eigenvalue weighted by Gasteiger charge is 2.23. The van der Waals surface area contributed by atoms with Gasteiger partial charge in [-0.1, -0.05) is 12.8 Å². The molecule has 1 aliphatic carbocycles. The Morgan fingerprint density at radius 1 is 1.26 bits per heavy atom. The van der Waals surface area contributed by atoms with E-state index in [1.165, 1.54) is 12.1 Å². The van der Waals surface area contributed by atoms with Gasteiger partial charge in [0.2, 0.25) is 10.0 Å². The molecule has 0 saturated heterocycles. The lowest BCUT2D eigenvalue weighted by Gasteiger charge is -2.12. The van der Waals surface area contributed by atoms with E-state index in [1.807, 2.05) is 10.0 Å². The number of carbonyl (C=O) groups excluding carboxylic acids is 3. The van der Waals surface area contributed by atoms with Crippen LogP contribution in [0.5, 0.6) is 0 Å². The summed E-state index contributed by atoms with van der Waals surface area (Å²) in [5, 5.41) is 15.7. The van der Waals surface area contributed by atoms with E-state index in [0.29, 0.717) is 0 Å². The highest BCUT2D eigenvalue weighted by Crippen LogP contribution is 2.29. The van der Waals surface area contributed by atoms with Crippen molar-refractivity contribution < 1.29 is 32.5 Å². The van der Waals surface area contributed by atoms with Crippen LogP contribution in [0.1, 0.15) is 25.7 Å². The van der Waals surface area contributed by atoms with Crippen LogP contribution in [0.3, 0.4) is 0 Å². The number of imide groups is 1. The molecule has 31 heavy (non-hydrogen) atoms. The Morgan fingerprint density at radius 2 is 1.94 bits per heavy atom. The Morgan fingerprint density at radius 3 is 2.55 bits per heavy atom. The molecule has 0 spiro atoms. The van der Waals surface area contributed by atoms with Gasteiger partial charge in [0.15, 0.2) is 6.61 Å². The number of nitro benzene ring substituents is 1. The van der Waals surface area contributed by atoms with Crippen molar-refractivity contribution in [1.29, 1.82) is 0 Å². The van der Waals surface area contributed by atoms with Crippen molar-refractivity contribution in [1.82, 2.24) is 15.4 Å². The summed E-state index contributed by atoms with van der Waals surface area (Å²) in [6.45, 7) is -1.57. The number of rotatable bonds is 9. The molecule has 3 amide bonds. The number of sulfonamides is 1. The highest BCUT2D eigenvalue weighted by atomic mass is 32.2. The predicted octanol–water partition coefficient (Wildman–Crippen LogP) is 0.907. The minimum atomic E-state index is -4.24. The van der Waals surface area contributed by atoms with E-state index in [4.69, 9.17) is 0 Å². The van der Waals surface area contributed by atoms with Gasteiger partial charge >= 0.3 is 12.0 Å². The van der Waals surface area contributed by atoms with Gasteiger partial charge in [0.25, 0.3) is 11.6 Å². The number of hydrogen-bond donors (Lipinski definition) is 3. The summed E-state index contributed by atoms with van der Waals surface area (Å²) in [6.07, 6.45) is 5.28. The number of nitrogens with one attached hydrogen (secondary N) is 3. The van der Waals surface area contributed by atoms with Gasteiger partial charge in [-0.25, -0.2) is 13.2 Å². The van der Waals surface area contributed by atoms with Crippen molar-refractivity contribution >= 4 is 45.4 Å². The number of amides is 3. The molecule has 170 valence electrons. The summed E-state index contributed by atoms with van der Waals surface area (Å²) in [5.41, 5.74) is -0.384. The van der Waals surface area contributed by atoms with Crippen LogP contribution in [0.2, 0.25) is 0 Å². The topological polar surface area (TPSA) is 174 Å². The lowest BCUT2D eigenvalue weighted by molar-refractivity contribution is -0.388. The average Bonchev–Trinajstić information content (AvgIpc) is 3.22. The van der Waals surface area contributed by atoms with Crippen LogP contribution >= 0.6 is 11.8 Å². The van der Waals surface area contributed by atoms with Gasteiger partial charge in [-0.05, 0) is 31.2 Å². The Balaban J connectivity index is 1.81. The first-order valence-electron chi connectivity index (χ1n) is 9.20. The molecule has 3 N–H and O–H groups in total. The molecule has 0 unspecified atom stereocenters. The third kappa shape index (κ3) is 7.48. The summed E-state index contributed by atoms with van der Waals surface area (Å²) in [7, 11) is -4.24. The van der Waals surface area contributed by atoms with E-state index >= 15 is 0 Å². The van der Waals surface area contributed by atoms with Crippen molar-refractivity contribution in [3.63, 3.8) is 0 Å². The molecule has 1 aromatic rings. The molecule has 0 bridgehead atoms. The largest absolute Gasteiger partial charge is 0.455 e. The van der Waals surface area contributed by atoms with Gasteiger partial charge in [0, 0.05) is 12.1 Å². The first kappa shape index (κ1) is 24.6. The van der Waals surface area contributed by atoms with Gasteiger partial charge in [0.1, 0.15) is 6.54 Å². The number of urea groups is 1. The van der Waals surface area contributed by atoms with Gasteiger partial charge < -0.3 is 10.1 Å². The summed E-state index contributed by atoms with van der Waals surface area (Å²) >= 11 is 1.09. The standard InChI is InChI=1S/C17H22N4O8S2/c1-30-14-7-6-12(8-13(14)21(25)26)31(27,28)18-9-16(23)29-10-15(22)20-17(24)19-11-4-2-3-5-11/h6-8,11,18H,2-5,9-10H2,1H3,(H2,19,20,22,24). The fourth-order valence-corrected chi connectivity index (χ4v) is 4.40. The SMILES string of the molecule is CSc1ccc(S(=O)(=O)NCC(=O)OCC(=O)NC(=O)NC2CCCC2)cc1[N+](=O)[O-]. The average molecular weight is 475 g/mol. The maximum absolute atomic E-state index is 12.3. The lowest BCUT2D eigenvalue weighted by atomic mass is 10.2. The van der Waals surface area contributed by atoms with Crippen LogP contribution in [-0.2, 0) is 24.3 Å². The van der Waals surface area contributed by atoms with Crippen molar-refractivity contribution in [3.8, 4) is 0 Å². The molecular weight excluding hydrogens is 452 g/mol. The monoisotopic (exact) mass is 474 g/mol. The van der Waals surface area contributed by atoms with Gasteiger partial charge in [0.05, 0.1) is 14.7 Å². The maximum atomic E-state index is 12.3. The van der Waals surface area contributed by atoms with E-state index < -0.39 is 50.9 Å². The molecule has 1 aliphatic rings. The van der Waals surface area contributed by atoms with Crippen molar-refractivity contribution in [2.75, 3.05) is 19.4 Å². The van der Waals surface area contributed by atoms with E-state index in [-0.39, 0.29) is 16.6 Å². The Bertz CT molecular complexity index is 961. The number of ether oxygens (including phenoxy) is 1. The third-order valence-corrected chi connectivity index (χ3v) is 6.56. The second kappa shape index (κ2) is 11.1. The van der Waals surface area contributed by atoms with Crippen LogP contribution in [0.15, 0.2) is 28.0 Å². The van der Waals surface area contributed by atoms with Crippen LogP contribution in [0, 0.1) is 10.1 Å². The normalized spacial score (nSPS) is 14.1.